The predicted molar refractivity (Wildman–Crippen MR) is 56.4 cm³/mol. The highest BCUT2D eigenvalue weighted by atomic mass is 35.5. The van der Waals surface area contributed by atoms with Gasteiger partial charge in [0.25, 0.3) is 0 Å². The molecule has 2 rings (SSSR count). The summed E-state index contributed by atoms with van der Waals surface area (Å²) in [5.41, 5.74) is 0.521. The molecule has 0 N–H and O–H groups in total. The fourth-order valence-corrected chi connectivity index (χ4v) is 2.62. The van der Waals surface area contributed by atoms with Gasteiger partial charge >= 0.3 is 0 Å². The summed E-state index contributed by atoms with van der Waals surface area (Å²) in [7, 11) is 0. The van der Waals surface area contributed by atoms with Crippen molar-refractivity contribution in [3.63, 3.8) is 0 Å². The van der Waals surface area contributed by atoms with Gasteiger partial charge in [-0.2, -0.15) is 0 Å². The van der Waals surface area contributed by atoms with Crippen molar-refractivity contribution in [2.45, 2.75) is 5.88 Å². The van der Waals surface area contributed by atoms with Crippen LogP contribution in [0.3, 0.4) is 0 Å². The van der Waals surface area contributed by atoms with E-state index in [1.165, 1.54) is 11.3 Å². The van der Waals surface area contributed by atoms with Gasteiger partial charge in [-0.1, -0.05) is 23.7 Å². The molecule has 68 valence electrons. The molecular formula is C9H5Cl2FS. The van der Waals surface area contributed by atoms with Crippen LogP contribution in [0, 0.1) is 5.82 Å². The smallest absolute Gasteiger partial charge is 0.145 e. The summed E-state index contributed by atoms with van der Waals surface area (Å²) < 4.78 is 14.1. The Morgan fingerprint density at radius 3 is 2.85 bits per heavy atom. The number of hydrogen-bond donors (Lipinski definition) is 0. The van der Waals surface area contributed by atoms with Crippen LogP contribution in [-0.2, 0) is 5.88 Å². The highest BCUT2D eigenvalue weighted by molar-refractivity contribution is 7.17. The molecular weight excluding hydrogens is 230 g/mol. The molecule has 13 heavy (non-hydrogen) atoms. The summed E-state index contributed by atoms with van der Waals surface area (Å²) in [4.78, 5) is 0. The van der Waals surface area contributed by atoms with E-state index in [4.69, 9.17) is 23.2 Å². The largest absolute Gasteiger partial charge is 0.205 e. The van der Waals surface area contributed by atoms with E-state index >= 15 is 0 Å². The molecule has 0 aliphatic carbocycles. The summed E-state index contributed by atoms with van der Waals surface area (Å²) in [6.07, 6.45) is 0. The van der Waals surface area contributed by atoms with Gasteiger partial charge in [0.05, 0.1) is 15.6 Å². The topological polar surface area (TPSA) is 0 Å². The Morgan fingerprint density at radius 2 is 2.15 bits per heavy atom. The molecule has 0 fully saturated rings. The lowest BCUT2D eigenvalue weighted by atomic mass is 10.2. The van der Waals surface area contributed by atoms with E-state index in [2.05, 4.69) is 0 Å². The number of hydrogen-bond acceptors (Lipinski definition) is 1. The second kappa shape index (κ2) is 3.45. The van der Waals surface area contributed by atoms with Gasteiger partial charge in [0.1, 0.15) is 5.82 Å². The first-order valence-electron chi connectivity index (χ1n) is 3.64. The molecule has 4 heteroatoms. The first kappa shape index (κ1) is 9.25. The average Bonchev–Trinajstić information content (AvgIpc) is 2.50. The van der Waals surface area contributed by atoms with Crippen LogP contribution < -0.4 is 0 Å². The molecule has 0 amide bonds. The van der Waals surface area contributed by atoms with Crippen molar-refractivity contribution in [1.29, 1.82) is 0 Å². The Balaban J connectivity index is 2.80. The van der Waals surface area contributed by atoms with E-state index < -0.39 is 0 Å². The molecule has 0 radical (unpaired) electrons. The maximum absolute atomic E-state index is 13.6. The molecule has 2 aromatic rings. The summed E-state index contributed by atoms with van der Waals surface area (Å²) >= 11 is 12.7. The Bertz CT molecular complexity index is 450. The Kier molecular flexibility index (Phi) is 2.45. The minimum Gasteiger partial charge on any atom is -0.205 e. The Hall–Kier alpha value is -0.310. The van der Waals surface area contributed by atoms with Crippen LogP contribution in [0.15, 0.2) is 17.5 Å². The van der Waals surface area contributed by atoms with Crippen LogP contribution >= 0.6 is 34.5 Å². The van der Waals surface area contributed by atoms with Crippen LogP contribution in [0.1, 0.15) is 5.56 Å². The molecule has 0 aliphatic rings. The van der Waals surface area contributed by atoms with Crippen LogP contribution in [0.25, 0.3) is 10.1 Å². The molecule has 1 heterocycles. The first-order chi connectivity index (χ1) is 6.24. The highest BCUT2D eigenvalue weighted by Gasteiger charge is 2.10. The maximum atomic E-state index is 13.6. The van der Waals surface area contributed by atoms with Gasteiger partial charge in [0, 0.05) is 16.3 Å². The second-order valence-corrected chi connectivity index (χ2v) is 4.19. The van der Waals surface area contributed by atoms with Gasteiger partial charge in [0.15, 0.2) is 0 Å². The number of alkyl halides is 1. The molecule has 1 aromatic carbocycles. The van der Waals surface area contributed by atoms with Crippen molar-refractivity contribution in [2.75, 3.05) is 0 Å². The normalized spacial score (nSPS) is 11.0. The molecule has 0 spiro atoms. The molecule has 1 aromatic heterocycles. The van der Waals surface area contributed by atoms with Crippen LogP contribution in [-0.4, -0.2) is 0 Å². The molecule has 0 bridgehead atoms. The summed E-state index contributed by atoms with van der Waals surface area (Å²) in [6, 6.07) is 3.47. The summed E-state index contributed by atoms with van der Waals surface area (Å²) in [5, 5.41) is 3.09. The standard InChI is InChI=1S/C9H5Cl2FS/c10-3-5-1-2-6-7(11)4-13-9(6)8(5)12/h1-2,4H,3H2. The molecule has 0 atom stereocenters. The third kappa shape index (κ3) is 1.43. The fourth-order valence-electron chi connectivity index (χ4n) is 1.18. The van der Waals surface area contributed by atoms with Crippen molar-refractivity contribution >= 4 is 44.6 Å². The van der Waals surface area contributed by atoms with Crippen molar-refractivity contribution in [1.82, 2.24) is 0 Å². The SMILES string of the molecule is Fc1c(CCl)ccc2c(Cl)csc12. The number of fused-ring (bicyclic) bond motifs is 1. The zero-order valence-corrected chi connectivity index (χ0v) is 8.81. The first-order valence-corrected chi connectivity index (χ1v) is 5.43. The van der Waals surface area contributed by atoms with Crippen molar-refractivity contribution in [2.24, 2.45) is 0 Å². The number of thiophene rings is 1. The Labute approximate surface area is 88.9 Å². The van der Waals surface area contributed by atoms with E-state index in [0.717, 1.165) is 5.39 Å². The van der Waals surface area contributed by atoms with E-state index in [9.17, 15) is 4.39 Å². The summed E-state index contributed by atoms with van der Waals surface area (Å²) in [5.74, 6) is -0.0542. The second-order valence-electron chi connectivity index (χ2n) is 2.63. The lowest BCUT2D eigenvalue weighted by molar-refractivity contribution is 0.631. The number of rotatable bonds is 1. The fraction of sp³-hybridized carbons (Fsp3) is 0.111. The zero-order valence-electron chi connectivity index (χ0n) is 6.48. The Morgan fingerprint density at radius 1 is 1.38 bits per heavy atom. The predicted octanol–water partition coefficient (Wildman–Crippen LogP) is 4.43. The van der Waals surface area contributed by atoms with E-state index in [1.54, 1.807) is 17.5 Å². The van der Waals surface area contributed by atoms with Gasteiger partial charge in [-0.15, -0.1) is 22.9 Å². The molecule has 0 saturated heterocycles. The zero-order chi connectivity index (χ0) is 9.42. The van der Waals surface area contributed by atoms with Gasteiger partial charge in [-0.3, -0.25) is 0 Å². The molecule has 0 aliphatic heterocycles. The van der Waals surface area contributed by atoms with Gasteiger partial charge in [0.2, 0.25) is 0 Å². The van der Waals surface area contributed by atoms with Gasteiger partial charge in [-0.05, 0) is 0 Å². The lowest BCUT2D eigenvalue weighted by Crippen LogP contribution is -1.84. The number of benzene rings is 1. The van der Waals surface area contributed by atoms with Crippen LogP contribution in [0.4, 0.5) is 4.39 Å². The highest BCUT2D eigenvalue weighted by Crippen LogP contribution is 2.33. The lowest BCUT2D eigenvalue weighted by Gasteiger charge is -1.98. The third-order valence-electron chi connectivity index (χ3n) is 1.86. The third-order valence-corrected chi connectivity index (χ3v) is 3.58. The average molecular weight is 235 g/mol. The monoisotopic (exact) mass is 234 g/mol. The molecule has 0 saturated carbocycles. The maximum Gasteiger partial charge on any atom is 0.145 e. The quantitative estimate of drug-likeness (QED) is 0.641. The van der Waals surface area contributed by atoms with Crippen LogP contribution in [0.5, 0.6) is 0 Å². The minimum absolute atomic E-state index is 0.192. The van der Waals surface area contributed by atoms with E-state index in [0.29, 0.717) is 15.3 Å². The summed E-state index contributed by atoms with van der Waals surface area (Å²) in [6.45, 7) is 0. The van der Waals surface area contributed by atoms with E-state index in [1.807, 2.05) is 0 Å². The molecule has 0 nitrogen and oxygen atoms in total. The van der Waals surface area contributed by atoms with Gasteiger partial charge in [-0.25, -0.2) is 4.39 Å². The minimum atomic E-state index is -0.246. The molecule has 0 unspecified atom stereocenters. The van der Waals surface area contributed by atoms with Gasteiger partial charge < -0.3 is 0 Å². The van der Waals surface area contributed by atoms with Crippen molar-refractivity contribution in [3.8, 4) is 0 Å². The van der Waals surface area contributed by atoms with Crippen molar-refractivity contribution < 1.29 is 4.39 Å². The van der Waals surface area contributed by atoms with Crippen molar-refractivity contribution in [3.05, 3.63) is 33.9 Å². The van der Waals surface area contributed by atoms with Crippen LogP contribution in [0.2, 0.25) is 5.02 Å². The van der Waals surface area contributed by atoms with E-state index in [-0.39, 0.29) is 11.7 Å². The number of halogens is 3.